The highest BCUT2D eigenvalue weighted by Crippen LogP contribution is 2.52. The molecule has 0 aliphatic heterocycles. The van der Waals surface area contributed by atoms with Gasteiger partial charge in [0.1, 0.15) is 6.10 Å². The van der Waals surface area contributed by atoms with E-state index in [0.717, 1.165) is 0 Å². The SMILES string of the molecule is C=C(C)[C@H](OC(C)=O)[C@@H](/C=C/CO)P(=O)(c1ccccc1)c1ccccc1. The predicted molar refractivity (Wildman–Crippen MR) is 110 cm³/mol. The van der Waals surface area contributed by atoms with Crippen molar-refractivity contribution in [3.05, 3.63) is 85.0 Å². The molecule has 2 aromatic carbocycles. The highest BCUT2D eigenvalue weighted by molar-refractivity contribution is 7.79. The van der Waals surface area contributed by atoms with Gasteiger partial charge in [0.15, 0.2) is 7.14 Å². The van der Waals surface area contributed by atoms with E-state index in [0.29, 0.717) is 16.2 Å². The van der Waals surface area contributed by atoms with Crippen molar-refractivity contribution in [3.8, 4) is 0 Å². The van der Waals surface area contributed by atoms with E-state index >= 15 is 0 Å². The second-order valence-corrected chi connectivity index (χ2v) is 9.25. The Morgan fingerprint density at radius 1 is 1.07 bits per heavy atom. The third kappa shape index (κ3) is 4.85. The van der Waals surface area contributed by atoms with Gasteiger partial charge in [-0.3, -0.25) is 4.79 Å². The van der Waals surface area contributed by atoms with E-state index in [2.05, 4.69) is 6.58 Å². The van der Waals surface area contributed by atoms with Crippen molar-refractivity contribution in [2.45, 2.75) is 25.6 Å². The van der Waals surface area contributed by atoms with Gasteiger partial charge in [-0.2, -0.15) is 0 Å². The van der Waals surface area contributed by atoms with E-state index in [1.807, 2.05) is 60.7 Å². The van der Waals surface area contributed by atoms with Gasteiger partial charge in [-0.15, -0.1) is 0 Å². The lowest BCUT2D eigenvalue weighted by atomic mass is 10.1. The highest BCUT2D eigenvalue weighted by atomic mass is 31.2. The molecule has 0 radical (unpaired) electrons. The molecular weight excluding hydrogens is 359 g/mol. The number of hydrogen-bond donors (Lipinski definition) is 1. The maximum absolute atomic E-state index is 14.6. The fraction of sp³-hybridized carbons (Fsp3) is 0.227. The summed E-state index contributed by atoms with van der Waals surface area (Å²) >= 11 is 0. The van der Waals surface area contributed by atoms with Crippen LogP contribution in [0.15, 0.2) is 85.0 Å². The molecule has 0 bridgehead atoms. The van der Waals surface area contributed by atoms with Crippen LogP contribution in [0.25, 0.3) is 0 Å². The Balaban J connectivity index is 2.74. The van der Waals surface area contributed by atoms with E-state index < -0.39 is 24.9 Å². The molecule has 0 spiro atoms. The average molecular weight is 384 g/mol. The minimum absolute atomic E-state index is 0.205. The third-order valence-corrected chi connectivity index (χ3v) is 7.64. The number of esters is 1. The van der Waals surface area contributed by atoms with Gasteiger partial charge in [0.05, 0.1) is 12.3 Å². The Labute approximate surface area is 160 Å². The summed E-state index contributed by atoms with van der Waals surface area (Å²) in [4.78, 5) is 11.7. The summed E-state index contributed by atoms with van der Waals surface area (Å²) in [5.74, 6) is -0.474. The monoisotopic (exact) mass is 384 g/mol. The van der Waals surface area contributed by atoms with Gasteiger partial charge in [-0.05, 0) is 12.5 Å². The Hall–Kier alpha value is -2.42. The predicted octanol–water partition coefficient (Wildman–Crippen LogP) is 3.43. The molecule has 1 N–H and O–H groups in total. The topological polar surface area (TPSA) is 63.6 Å². The lowest BCUT2D eigenvalue weighted by Crippen LogP contribution is -2.36. The summed E-state index contributed by atoms with van der Waals surface area (Å²) in [7, 11) is -3.27. The summed E-state index contributed by atoms with van der Waals surface area (Å²) in [6.07, 6.45) is 2.42. The second-order valence-electron chi connectivity index (χ2n) is 6.31. The standard InChI is InChI=1S/C22H25O4P/c1-17(2)22(26-18(3)24)21(15-10-16-23)27(25,19-11-6-4-7-12-19)20-13-8-5-9-14-20/h4-15,21-23H,1,16H2,2-3H3/b15-10+/t21-,22+/m1/s1. The van der Waals surface area contributed by atoms with Gasteiger partial charge in [-0.25, -0.2) is 0 Å². The number of hydrogen-bond acceptors (Lipinski definition) is 4. The minimum atomic E-state index is -3.27. The van der Waals surface area contributed by atoms with Crippen LogP contribution in [-0.2, 0) is 14.1 Å². The van der Waals surface area contributed by atoms with Crippen LogP contribution in [0.1, 0.15) is 13.8 Å². The largest absolute Gasteiger partial charge is 0.457 e. The van der Waals surface area contributed by atoms with Gasteiger partial charge in [-0.1, -0.05) is 79.4 Å². The molecule has 0 saturated heterocycles. The second kappa shape index (κ2) is 9.50. The molecule has 142 valence electrons. The average Bonchev–Trinajstić information content (AvgIpc) is 2.68. The fourth-order valence-corrected chi connectivity index (χ4v) is 6.32. The molecule has 0 unspecified atom stereocenters. The zero-order chi connectivity index (χ0) is 19.9. The van der Waals surface area contributed by atoms with Gasteiger partial charge >= 0.3 is 5.97 Å². The van der Waals surface area contributed by atoms with Crippen molar-refractivity contribution in [3.63, 3.8) is 0 Å². The lowest BCUT2D eigenvalue weighted by molar-refractivity contribution is -0.144. The molecule has 0 aliphatic rings. The van der Waals surface area contributed by atoms with Crippen molar-refractivity contribution < 1.29 is 19.2 Å². The smallest absolute Gasteiger partial charge is 0.303 e. The van der Waals surface area contributed by atoms with Crippen LogP contribution in [0.3, 0.4) is 0 Å². The summed E-state index contributed by atoms with van der Waals surface area (Å²) in [6, 6.07) is 18.3. The van der Waals surface area contributed by atoms with Gasteiger partial charge in [0.2, 0.25) is 0 Å². The van der Waals surface area contributed by atoms with E-state index in [9.17, 15) is 14.5 Å². The molecule has 0 aliphatic carbocycles. The lowest BCUT2D eigenvalue weighted by Gasteiger charge is -2.32. The van der Waals surface area contributed by atoms with Crippen molar-refractivity contribution in [1.82, 2.24) is 0 Å². The number of rotatable bonds is 8. The van der Waals surface area contributed by atoms with Gasteiger partial charge in [0.25, 0.3) is 0 Å². The van der Waals surface area contributed by atoms with E-state index in [1.165, 1.54) is 13.0 Å². The Morgan fingerprint density at radius 3 is 1.93 bits per heavy atom. The minimum Gasteiger partial charge on any atom is -0.457 e. The van der Waals surface area contributed by atoms with Gasteiger partial charge in [0, 0.05) is 17.5 Å². The van der Waals surface area contributed by atoms with E-state index in [1.54, 1.807) is 13.0 Å². The maximum Gasteiger partial charge on any atom is 0.303 e. The molecular formula is C22H25O4P. The molecule has 0 fully saturated rings. The van der Waals surface area contributed by atoms with Crippen molar-refractivity contribution in [2.75, 3.05) is 6.61 Å². The quantitative estimate of drug-likeness (QED) is 0.430. The zero-order valence-corrected chi connectivity index (χ0v) is 16.5. The van der Waals surface area contributed by atoms with E-state index in [4.69, 9.17) is 4.74 Å². The van der Waals surface area contributed by atoms with Gasteiger partial charge < -0.3 is 14.4 Å². The normalized spacial score (nSPS) is 13.9. The summed E-state index contributed by atoms with van der Waals surface area (Å²) in [5.41, 5.74) is -0.0965. The van der Waals surface area contributed by atoms with Crippen LogP contribution < -0.4 is 10.6 Å². The number of ether oxygens (including phenoxy) is 1. The first kappa shape index (κ1) is 20.9. The number of carbonyl (C=O) groups excluding carboxylic acids is 1. The highest BCUT2D eigenvalue weighted by Gasteiger charge is 2.41. The molecule has 2 aromatic rings. The molecule has 0 heterocycles. The number of aliphatic hydroxyl groups is 1. The van der Waals surface area contributed by atoms with Crippen LogP contribution in [0, 0.1) is 0 Å². The molecule has 27 heavy (non-hydrogen) atoms. The molecule has 0 saturated carbocycles. The number of benzene rings is 2. The summed E-state index contributed by atoms with van der Waals surface area (Å²) in [5, 5.41) is 10.6. The molecule has 5 heteroatoms. The first-order valence-corrected chi connectivity index (χ1v) is 10.5. The van der Waals surface area contributed by atoms with Crippen LogP contribution >= 0.6 is 7.14 Å². The Bertz CT molecular complexity index is 800. The van der Waals surface area contributed by atoms with Crippen LogP contribution in [-0.4, -0.2) is 29.4 Å². The van der Waals surface area contributed by atoms with Crippen molar-refractivity contribution >= 4 is 23.7 Å². The third-order valence-electron chi connectivity index (χ3n) is 4.23. The Morgan fingerprint density at radius 2 is 1.56 bits per heavy atom. The summed E-state index contributed by atoms with van der Waals surface area (Å²) < 4.78 is 20.1. The first-order valence-electron chi connectivity index (χ1n) is 8.72. The molecule has 0 aromatic heterocycles. The number of carbonyl (C=O) groups is 1. The molecule has 2 atom stereocenters. The first-order chi connectivity index (χ1) is 12.9. The fourth-order valence-electron chi connectivity index (χ4n) is 3.05. The van der Waals surface area contributed by atoms with Crippen LogP contribution in [0.2, 0.25) is 0 Å². The Kier molecular flexibility index (Phi) is 7.35. The van der Waals surface area contributed by atoms with Crippen molar-refractivity contribution in [2.24, 2.45) is 0 Å². The zero-order valence-electron chi connectivity index (χ0n) is 15.6. The molecule has 0 amide bonds. The van der Waals surface area contributed by atoms with Crippen LogP contribution in [0.4, 0.5) is 0 Å². The van der Waals surface area contributed by atoms with E-state index in [-0.39, 0.29) is 6.61 Å². The van der Waals surface area contributed by atoms with Crippen LogP contribution in [0.5, 0.6) is 0 Å². The maximum atomic E-state index is 14.6. The molecule has 2 rings (SSSR count). The van der Waals surface area contributed by atoms with Crippen molar-refractivity contribution in [1.29, 1.82) is 0 Å². The summed E-state index contributed by atoms with van der Waals surface area (Å²) in [6.45, 7) is 6.80. The molecule has 4 nitrogen and oxygen atoms in total. The number of aliphatic hydroxyl groups excluding tert-OH is 1.